The summed E-state index contributed by atoms with van der Waals surface area (Å²) in [5, 5.41) is 3.49. The zero-order valence-corrected chi connectivity index (χ0v) is 9.87. The molecule has 0 aromatic heterocycles. The summed E-state index contributed by atoms with van der Waals surface area (Å²) in [5.74, 6) is 0.870. The van der Waals surface area contributed by atoms with Crippen LogP contribution in [0.1, 0.15) is 25.7 Å². The largest absolute Gasteiger partial charge is 0.380 e. The SMILES string of the molecule is COC1CCCN(CC2CCCNC2)C1. The molecule has 1 N–H and O–H groups in total. The molecule has 2 atom stereocenters. The highest BCUT2D eigenvalue weighted by atomic mass is 16.5. The molecular weight excluding hydrogens is 188 g/mol. The first kappa shape index (κ1) is 11.4. The third-order valence-electron chi connectivity index (χ3n) is 3.71. The Hall–Kier alpha value is -0.120. The second-order valence-electron chi connectivity index (χ2n) is 4.97. The lowest BCUT2D eigenvalue weighted by Gasteiger charge is -2.35. The van der Waals surface area contributed by atoms with Crippen molar-refractivity contribution in [1.82, 2.24) is 10.2 Å². The minimum absolute atomic E-state index is 0.482. The van der Waals surface area contributed by atoms with Crippen LogP contribution in [0, 0.1) is 5.92 Å². The van der Waals surface area contributed by atoms with E-state index < -0.39 is 0 Å². The lowest BCUT2D eigenvalue weighted by atomic mass is 9.97. The van der Waals surface area contributed by atoms with Crippen LogP contribution in [-0.4, -0.2) is 50.8 Å². The molecule has 15 heavy (non-hydrogen) atoms. The van der Waals surface area contributed by atoms with Crippen LogP contribution in [0.25, 0.3) is 0 Å². The number of piperidine rings is 2. The molecule has 0 spiro atoms. The first-order valence-electron chi connectivity index (χ1n) is 6.34. The van der Waals surface area contributed by atoms with Gasteiger partial charge in [0.15, 0.2) is 0 Å². The van der Waals surface area contributed by atoms with Crippen LogP contribution in [-0.2, 0) is 4.74 Å². The molecule has 2 fully saturated rings. The highest BCUT2D eigenvalue weighted by Gasteiger charge is 2.22. The Kier molecular flexibility index (Phi) is 4.42. The van der Waals surface area contributed by atoms with E-state index in [1.807, 2.05) is 7.11 Å². The predicted molar refractivity (Wildman–Crippen MR) is 62.1 cm³/mol. The molecular formula is C12H24N2O. The molecule has 2 saturated heterocycles. The molecule has 0 aromatic rings. The van der Waals surface area contributed by atoms with Crippen LogP contribution in [0.3, 0.4) is 0 Å². The Balaban J connectivity index is 1.72. The molecule has 2 aliphatic heterocycles. The number of ether oxygens (including phenoxy) is 1. The van der Waals surface area contributed by atoms with Crippen molar-refractivity contribution in [3.63, 3.8) is 0 Å². The molecule has 2 unspecified atom stereocenters. The van der Waals surface area contributed by atoms with Crippen LogP contribution in [0.5, 0.6) is 0 Å². The average molecular weight is 212 g/mol. The molecule has 88 valence electrons. The monoisotopic (exact) mass is 212 g/mol. The highest BCUT2D eigenvalue weighted by molar-refractivity contribution is 4.78. The molecule has 2 rings (SSSR count). The molecule has 0 saturated carbocycles. The standard InChI is InChI=1S/C12H24N2O/c1-15-12-5-3-7-14(10-12)9-11-4-2-6-13-8-11/h11-13H,2-10H2,1H3. The highest BCUT2D eigenvalue weighted by Crippen LogP contribution is 2.17. The van der Waals surface area contributed by atoms with Crippen molar-refractivity contribution < 1.29 is 4.74 Å². The third-order valence-corrected chi connectivity index (χ3v) is 3.71. The van der Waals surface area contributed by atoms with Crippen molar-refractivity contribution in [1.29, 1.82) is 0 Å². The van der Waals surface area contributed by atoms with Crippen LogP contribution in [0.4, 0.5) is 0 Å². The summed E-state index contributed by atoms with van der Waals surface area (Å²) in [7, 11) is 1.84. The van der Waals surface area contributed by atoms with Crippen molar-refractivity contribution in [3.8, 4) is 0 Å². The second-order valence-corrected chi connectivity index (χ2v) is 4.97. The molecule has 0 aromatic carbocycles. The Morgan fingerprint density at radius 3 is 3.00 bits per heavy atom. The summed E-state index contributed by atoms with van der Waals surface area (Å²) in [6.45, 7) is 6.13. The fourth-order valence-electron chi connectivity index (χ4n) is 2.82. The molecule has 2 aliphatic rings. The van der Waals surface area contributed by atoms with E-state index in [9.17, 15) is 0 Å². The lowest BCUT2D eigenvalue weighted by molar-refractivity contribution is 0.0245. The van der Waals surface area contributed by atoms with Crippen LogP contribution >= 0.6 is 0 Å². The van der Waals surface area contributed by atoms with Gasteiger partial charge in [-0.1, -0.05) is 0 Å². The summed E-state index contributed by atoms with van der Waals surface area (Å²) in [4.78, 5) is 2.59. The Bertz CT molecular complexity index is 180. The van der Waals surface area contributed by atoms with Crippen molar-refractivity contribution in [2.45, 2.75) is 31.8 Å². The van der Waals surface area contributed by atoms with E-state index in [0.29, 0.717) is 6.10 Å². The van der Waals surface area contributed by atoms with E-state index in [4.69, 9.17) is 4.74 Å². The first-order valence-corrected chi connectivity index (χ1v) is 6.34. The van der Waals surface area contributed by atoms with Crippen LogP contribution in [0.15, 0.2) is 0 Å². The quantitative estimate of drug-likeness (QED) is 0.758. The number of methoxy groups -OCH3 is 1. The molecule has 3 heteroatoms. The molecule has 2 heterocycles. The van der Waals surface area contributed by atoms with Gasteiger partial charge < -0.3 is 15.0 Å². The number of likely N-dealkylation sites (tertiary alicyclic amines) is 1. The summed E-state index contributed by atoms with van der Waals surface area (Å²) in [6.07, 6.45) is 5.79. The van der Waals surface area contributed by atoms with E-state index in [1.54, 1.807) is 0 Å². The van der Waals surface area contributed by atoms with E-state index in [-0.39, 0.29) is 0 Å². The third kappa shape index (κ3) is 3.44. The van der Waals surface area contributed by atoms with Gasteiger partial charge in [0.2, 0.25) is 0 Å². The van der Waals surface area contributed by atoms with Crippen molar-refractivity contribution >= 4 is 0 Å². The number of hydrogen-bond acceptors (Lipinski definition) is 3. The number of rotatable bonds is 3. The number of nitrogens with one attached hydrogen (secondary N) is 1. The van der Waals surface area contributed by atoms with E-state index in [2.05, 4.69) is 10.2 Å². The van der Waals surface area contributed by atoms with Crippen molar-refractivity contribution in [2.24, 2.45) is 5.92 Å². The summed E-state index contributed by atoms with van der Waals surface area (Å²) >= 11 is 0. The maximum absolute atomic E-state index is 5.45. The Labute approximate surface area is 93.2 Å². The summed E-state index contributed by atoms with van der Waals surface area (Å²) in [6, 6.07) is 0. The lowest BCUT2D eigenvalue weighted by Crippen LogP contribution is -2.44. The van der Waals surface area contributed by atoms with Gasteiger partial charge >= 0.3 is 0 Å². The fraction of sp³-hybridized carbons (Fsp3) is 1.00. The van der Waals surface area contributed by atoms with E-state index in [1.165, 1.54) is 51.9 Å². The summed E-state index contributed by atoms with van der Waals surface area (Å²) in [5.41, 5.74) is 0. The van der Waals surface area contributed by atoms with Gasteiger partial charge in [0.25, 0.3) is 0 Å². The summed E-state index contributed by atoms with van der Waals surface area (Å²) < 4.78 is 5.45. The minimum atomic E-state index is 0.482. The van der Waals surface area contributed by atoms with Gasteiger partial charge in [0.1, 0.15) is 0 Å². The Morgan fingerprint density at radius 2 is 2.27 bits per heavy atom. The van der Waals surface area contributed by atoms with Crippen LogP contribution < -0.4 is 5.32 Å². The first-order chi connectivity index (χ1) is 7.38. The zero-order chi connectivity index (χ0) is 10.5. The topological polar surface area (TPSA) is 24.5 Å². The molecule has 0 radical (unpaired) electrons. The fourth-order valence-corrected chi connectivity index (χ4v) is 2.82. The minimum Gasteiger partial charge on any atom is -0.380 e. The van der Waals surface area contributed by atoms with Gasteiger partial charge in [-0.3, -0.25) is 0 Å². The maximum Gasteiger partial charge on any atom is 0.0698 e. The number of hydrogen-bond donors (Lipinski definition) is 1. The molecule has 0 bridgehead atoms. The molecule has 0 aliphatic carbocycles. The molecule has 3 nitrogen and oxygen atoms in total. The van der Waals surface area contributed by atoms with Crippen molar-refractivity contribution in [2.75, 3.05) is 39.8 Å². The second kappa shape index (κ2) is 5.83. The van der Waals surface area contributed by atoms with Crippen molar-refractivity contribution in [3.05, 3.63) is 0 Å². The Morgan fingerprint density at radius 1 is 1.33 bits per heavy atom. The average Bonchev–Trinajstić information content (AvgIpc) is 2.31. The van der Waals surface area contributed by atoms with Gasteiger partial charge in [0, 0.05) is 20.2 Å². The zero-order valence-electron chi connectivity index (χ0n) is 9.87. The van der Waals surface area contributed by atoms with Gasteiger partial charge in [-0.25, -0.2) is 0 Å². The van der Waals surface area contributed by atoms with Gasteiger partial charge in [-0.15, -0.1) is 0 Å². The smallest absolute Gasteiger partial charge is 0.0698 e. The number of nitrogens with zero attached hydrogens (tertiary/aromatic N) is 1. The van der Waals surface area contributed by atoms with E-state index >= 15 is 0 Å². The predicted octanol–water partition coefficient (Wildman–Crippen LogP) is 1.10. The van der Waals surface area contributed by atoms with Crippen LogP contribution in [0.2, 0.25) is 0 Å². The van der Waals surface area contributed by atoms with E-state index in [0.717, 1.165) is 12.5 Å². The van der Waals surface area contributed by atoms with Gasteiger partial charge in [0.05, 0.1) is 6.10 Å². The van der Waals surface area contributed by atoms with Gasteiger partial charge in [-0.05, 0) is 51.2 Å². The van der Waals surface area contributed by atoms with Gasteiger partial charge in [-0.2, -0.15) is 0 Å². The maximum atomic E-state index is 5.45. The molecule has 0 amide bonds. The normalized spacial score (nSPS) is 34.2.